The predicted molar refractivity (Wildman–Crippen MR) is 96.1 cm³/mol. The summed E-state index contributed by atoms with van der Waals surface area (Å²) in [5.74, 6) is 2.21. The Kier molecular flexibility index (Phi) is 5.91. The van der Waals surface area contributed by atoms with Crippen molar-refractivity contribution in [3.63, 3.8) is 0 Å². The molecular weight excluding hydrogens is 316 g/mol. The number of amides is 1. The summed E-state index contributed by atoms with van der Waals surface area (Å²) in [5.41, 5.74) is 0. The van der Waals surface area contributed by atoms with Gasteiger partial charge >= 0.3 is 0 Å². The molecule has 1 amide bonds. The highest BCUT2D eigenvalue weighted by Gasteiger charge is 2.20. The molecule has 0 aromatic carbocycles. The average molecular weight is 344 g/mol. The highest BCUT2D eigenvalue weighted by molar-refractivity contribution is 5.76. The Hall–Kier alpha value is -2.08. The van der Waals surface area contributed by atoms with Gasteiger partial charge in [0.05, 0.1) is 12.8 Å². The first kappa shape index (κ1) is 17.7. The van der Waals surface area contributed by atoms with Gasteiger partial charge in [0.2, 0.25) is 5.91 Å². The van der Waals surface area contributed by atoms with Gasteiger partial charge in [-0.3, -0.25) is 9.69 Å². The fourth-order valence-corrected chi connectivity index (χ4v) is 3.36. The summed E-state index contributed by atoms with van der Waals surface area (Å²) < 4.78 is 7.53. The molecule has 1 saturated heterocycles. The second-order valence-corrected chi connectivity index (χ2v) is 6.93. The Bertz CT molecular complexity index is 663. The zero-order valence-electron chi connectivity index (χ0n) is 15.2. The molecule has 3 rings (SSSR count). The summed E-state index contributed by atoms with van der Waals surface area (Å²) >= 11 is 0. The molecule has 0 atom stereocenters. The highest BCUT2D eigenvalue weighted by atomic mass is 16.3. The number of carbonyl (C=O) groups excluding carboxylic acids is 1. The number of furan rings is 1. The summed E-state index contributed by atoms with van der Waals surface area (Å²) in [6, 6.07) is 4.21. The molecule has 0 radical (unpaired) electrons. The normalized spacial score (nSPS) is 16.4. The van der Waals surface area contributed by atoms with Crippen LogP contribution in [0, 0.1) is 0 Å². The number of hydrogen-bond donors (Lipinski definition) is 0. The van der Waals surface area contributed by atoms with Crippen LogP contribution >= 0.6 is 0 Å². The van der Waals surface area contributed by atoms with E-state index in [0.717, 1.165) is 50.7 Å². The van der Waals surface area contributed by atoms with E-state index in [-0.39, 0.29) is 5.91 Å². The predicted octanol–water partition coefficient (Wildman–Crippen LogP) is 2.72. The number of hydrogen-bond acceptors (Lipinski definition) is 4. The molecule has 1 aliphatic heterocycles. The molecule has 0 unspecified atom stereocenters. The molecule has 0 N–H and O–H groups in total. The Morgan fingerprint density at radius 1 is 1.28 bits per heavy atom. The van der Waals surface area contributed by atoms with Crippen LogP contribution in [0.15, 0.2) is 35.2 Å². The fourth-order valence-electron chi connectivity index (χ4n) is 3.36. The lowest BCUT2D eigenvalue weighted by atomic mass is 10.2. The van der Waals surface area contributed by atoms with Crippen molar-refractivity contribution in [3.05, 3.63) is 42.4 Å². The second-order valence-electron chi connectivity index (χ2n) is 6.93. The van der Waals surface area contributed by atoms with Gasteiger partial charge in [-0.2, -0.15) is 0 Å². The minimum Gasteiger partial charge on any atom is -0.469 e. The van der Waals surface area contributed by atoms with E-state index < -0.39 is 0 Å². The maximum atomic E-state index is 12.5. The third kappa shape index (κ3) is 4.72. The van der Waals surface area contributed by atoms with Gasteiger partial charge in [-0.05, 0) is 32.4 Å². The smallest absolute Gasteiger partial charge is 0.223 e. The maximum absolute atomic E-state index is 12.5. The molecule has 0 saturated carbocycles. The molecule has 25 heavy (non-hydrogen) atoms. The number of aryl methyl sites for hydroxylation is 1. The molecule has 3 heterocycles. The quantitative estimate of drug-likeness (QED) is 0.808. The van der Waals surface area contributed by atoms with Crippen LogP contribution in [0.1, 0.15) is 44.3 Å². The van der Waals surface area contributed by atoms with Crippen molar-refractivity contribution >= 4 is 5.91 Å². The van der Waals surface area contributed by atoms with E-state index in [4.69, 9.17) is 4.42 Å². The number of rotatable bonds is 6. The standard InChI is InChI=1S/C19H28N4O2/c1-16(2)23-11-8-20-18(23)15-21-9-4-10-22(13-12-21)19(24)7-6-17-5-3-14-25-17/h3,5,8,11,14,16H,4,6-7,9-10,12-13,15H2,1-2H3. The first-order valence-corrected chi connectivity index (χ1v) is 9.17. The van der Waals surface area contributed by atoms with Crippen molar-refractivity contribution in [3.8, 4) is 0 Å². The average Bonchev–Trinajstić information content (AvgIpc) is 3.21. The highest BCUT2D eigenvalue weighted by Crippen LogP contribution is 2.13. The summed E-state index contributed by atoms with van der Waals surface area (Å²) in [7, 11) is 0. The van der Waals surface area contributed by atoms with Gasteiger partial charge in [0, 0.05) is 57.5 Å². The van der Waals surface area contributed by atoms with E-state index in [0.29, 0.717) is 18.9 Å². The summed E-state index contributed by atoms with van der Waals surface area (Å²) in [5, 5.41) is 0. The Morgan fingerprint density at radius 3 is 2.92 bits per heavy atom. The summed E-state index contributed by atoms with van der Waals surface area (Å²) in [6.07, 6.45) is 7.78. The van der Waals surface area contributed by atoms with Gasteiger partial charge < -0.3 is 13.9 Å². The molecule has 136 valence electrons. The Balaban J connectivity index is 1.50. The van der Waals surface area contributed by atoms with E-state index in [1.165, 1.54) is 0 Å². The van der Waals surface area contributed by atoms with Gasteiger partial charge in [0.25, 0.3) is 0 Å². The fraction of sp³-hybridized carbons (Fsp3) is 0.579. The molecule has 0 bridgehead atoms. The molecule has 0 aliphatic carbocycles. The topological polar surface area (TPSA) is 54.5 Å². The minimum atomic E-state index is 0.224. The van der Waals surface area contributed by atoms with E-state index in [9.17, 15) is 4.79 Å². The lowest BCUT2D eigenvalue weighted by Gasteiger charge is -2.22. The Morgan fingerprint density at radius 2 is 2.16 bits per heavy atom. The van der Waals surface area contributed by atoms with Crippen LogP contribution in [0.4, 0.5) is 0 Å². The van der Waals surface area contributed by atoms with Crippen LogP contribution in [0.3, 0.4) is 0 Å². The molecular formula is C19H28N4O2. The van der Waals surface area contributed by atoms with Gasteiger partial charge in [-0.15, -0.1) is 0 Å². The van der Waals surface area contributed by atoms with Gasteiger partial charge in [0.1, 0.15) is 11.6 Å². The van der Waals surface area contributed by atoms with Crippen LogP contribution in [0.2, 0.25) is 0 Å². The van der Waals surface area contributed by atoms with Crippen LogP contribution in [-0.4, -0.2) is 51.4 Å². The third-order valence-corrected chi connectivity index (χ3v) is 4.78. The molecule has 6 heteroatoms. The van der Waals surface area contributed by atoms with Crippen molar-refractivity contribution in [2.24, 2.45) is 0 Å². The lowest BCUT2D eigenvalue weighted by molar-refractivity contribution is -0.131. The van der Waals surface area contributed by atoms with Crippen LogP contribution in [-0.2, 0) is 17.8 Å². The van der Waals surface area contributed by atoms with Crippen LogP contribution in [0.25, 0.3) is 0 Å². The Labute approximate surface area is 149 Å². The molecule has 2 aromatic heterocycles. The lowest BCUT2D eigenvalue weighted by Crippen LogP contribution is -2.35. The first-order valence-electron chi connectivity index (χ1n) is 9.17. The molecule has 6 nitrogen and oxygen atoms in total. The molecule has 1 fully saturated rings. The second kappa shape index (κ2) is 8.34. The molecule has 1 aliphatic rings. The van der Waals surface area contributed by atoms with Gasteiger partial charge in [0.15, 0.2) is 0 Å². The van der Waals surface area contributed by atoms with Crippen molar-refractivity contribution < 1.29 is 9.21 Å². The van der Waals surface area contributed by atoms with E-state index in [1.807, 2.05) is 29.4 Å². The number of imidazole rings is 1. The number of carbonyl (C=O) groups is 1. The van der Waals surface area contributed by atoms with E-state index >= 15 is 0 Å². The number of aromatic nitrogens is 2. The van der Waals surface area contributed by atoms with Gasteiger partial charge in [-0.25, -0.2) is 4.98 Å². The monoisotopic (exact) mass is 344 g/mol. The minimum absolute atomic E-state index is 0.224. The van der Waals surface area contributed by atoms with Crippen molar-refractivity contribution in [2.75, 3.05) is 26.2 Å². The zero-order chi connectivity index (χ0) is 17.6. The third-order valence-electron chi connectivity index (χ3n) is 4.78. The van der Waals surface area contributed by atoms with Crippen molar-refractivity contribution in [1.29, 1.82) is 0 Å². The summed E-state index contributed by atoms with van der Waals surface area (Å²) in [4.78, 5) is 21.4. The molecule has 2 aromatic rings. The maximum Gasteiger partial charge on any atom is 0.223 e. The van der Waals surface area contributed by atoms with Crippen molar-refractivity contribution in [2.45, 2.75) is 45.7 Å². The first-order chi connectivity index (χ1) is 12.1. The van der Waals surface area contributed by atoms with Gasteiger partial charge in [-0.1, -0.05) is 0 Å². The van der Waals surface area contributed by atoms with Crippen LogP contribution < -0.4 is 0 Å². The SMILES string of the molecule is CC(C)n1ccnc1CN1CCCN(C(=O)CCc2ccco2)CC1. The zero-order valence-corrected chi connectivity index (χ0v) is 15.2. The van der Waals surface area contributed by atoms with E-state index in [1.54, 1.807) is 6.26 Å². The van der Waals surface area contributed by atoms with Crippen molar-refractivity contribution in [1.82, 2.24) is 19.4 Å². The number of nitrogens with zero attached hydrogens (tertiary/aromatic N) is 4. The van der Waals surface area contributed by atoms with Crippen LogP contribution in [0.5, 0.6) is 0 Å². The summed E-state index contributed by atoms with van der Waals surface area (Å²) in [6.45, 7) is 8.73. The molecule has 0 spiro atoms. The van der Waals surface area contributed by atoms with E-state index in [2.05, 4.69) is 28.3 Å². The largest absolute Gasteiger partial charge is 0.469 e.